The lowest BCUT2D eigenvalue weighted by Crippen LogP contribution is -2.49. The molecule has 1 unspecified atom stereocenters. The molecule has 2 saturated heterocycles. The maximum absolute atomic E-state index is 13.4. The van der Waals surface area contributed by atoms with E-state index in [2.05, 4.69) is 4.90 Å². The number of hydrogen-bond donors (Lipinski definition) is 0. The van der Waals surface area contributed by atoms with Gasteiger partial charge in [0.05, 0.1) is 32.4 Å². The van der Waals surface area contributed by atoms with Gasteiger partial charge in [-0.3, -0.25) is 19.3 Å². The second kappa shape index (κ2) is 10.1. The van der Waals surface area contributed by atoms with Crippen molar-refractivity contribution in [2.24, 2.45) is 0 Å². The van der Waals surface area contributed by atoms with Gasteiger partial charge in [-0.2, -0.15) is 0 Å². The topological polar surface area (TPSA) is 79.4 Å². The molecule has 4 rings (SSSR count). The van der Waals surface area contributed by atoms with Crippen LogP contribution in [-0.4, -0.2) is 80.1 Å². The fourth-order valence-electron chi connectivity index (χ4n) is 4.09. The van der Waals surface area contributed by atoms with Crippen LogP contribution in [0.4, 0.5) is 10.1 Å². The highest BCUT2D eigenvalue weighted by Gasteiger charge is 2.44. The summed E-state index contributed by atoms with van der Waals surface area (Å²) in [5, 5.41) is 0. The molecule has 1 atom stereocenters. The number of halogens is 1. The Morgan fingerprint density at radius 1 is 1.09 bits per heavy atom. The number of nitrogens with zero attached hydrogens (tertiary/aromatic N) is 3. The Hall–Kier alpha value is -3.30. The van der Waals surface area contributed by atoms with E-state index in [0.717, 1.165) is 18.0 Å². The molecule has 0 N–H and O–H groups in total. The zero-order valence-corrected chi connectivity index (χ0v) is 18.4. The van der Waals surface area contributed by atoms with Gasteiger partial charge in [0, 0.05) is 31.7 Å². The normalized spacial score (nSPS) is 19.1. The van der Waals surface area contributed by atoms with E-state index in [9.17, 15) is 18.8 Å². The lowest BCUT2D eigenvalue weighted by atomic mass is 10.1. The minimum absolute atomic E-state index is 0.110. The molecule has 0 saturated carbocycles. The van der Waals surface area contributed by atoms with Gasteiger partial charge in [0.25, 0.3) is 11.8 Å². The molecule has 174 valence electrons. The highest BCUT2D eigenvalue weighted by atomic mass is 19.1. The summed E-state index contributed by atoms with van der Waals surface area (Å²) in [6.07, 6.45) is -0.110. The monoisotopic (exact) mass is 455 g/mol. The van der Waals surface area contributed by atoms with Gasteiger partial charge in [0.2, 0.25) is 5.91 Å². The lowest BCUT2D eigenvalue weighted by Gasteiger charge is -2.32. The number of imide groups is 1. The molecule has 33 heavy (non-hydrogen) atoms. The van der Waals surface area contributed by atoms with Gasteiger partial charge in [-0.15, -0.1) is 0 Å². The van der Waals surface area contributed by atoms with Gasteiger partial charge in [-0.25, -0.2) is 9.29 Å². The van der Waals surface area contributed by atoms with Crippen LogP contribution in [-0.2, 0) is 14.3 Å². The second-order valence-corrected chi connectivity index (χ2v) is 7.94. The van der Waals surface area contributed by atoms with Crippen molar-refractivity contribution in [1.82, 2.24) is 9.80 Å². The molecule has 0 spiro atoms. The van der Waals surface area contributed by atoms with Crippen LogP contribution in [0.3, 0.4) is 0 Å². The highest BCUT2D eigenvalue weighted by Crippen LogP contribution is 2.28. The minimum atomic E-state index is -0.932. The quantitative estimate of drug-likeness (QED) is 0.594. The summed E-state index contributed by atoms with van der Waals surface area (Å²) in [4.78, 5) is 44.2. The zero-order valence-electron chi connectivity index (χ0n) is 18.4. The number of ether oxygens (including phenoxy) is 2. The van der Waals surface area contributed by atoms with Crippen LogP contribution in [0.5, 0.6) is 5.75 Å². The van der Waals surface area contributed by atoms with Crippen LogP contribution >= 0.6 is 0 Å². The highest BCUT2D eigenvalue weighted by molar-refractivity contribution is 6.23. The van der Waals surface area contributed by atoms with Gasteiger partial charge in [0.15, 0.2) is 0 Å². The molecular weight excluding hydrogens is 429 g/mol. The predicted octanol–water partition coefficient (Wildman–Crippen LogP) is 1.94. The van der Waals surface area contributed by atoms with Crippen LogP contribution in [0, 0.1) is 5.82 Å². The number of benzene rings is 2. The number of amides is 3. The first-order chi connectivity index (χ1) is 16.0. The molecule has 3 amide bonds. The molecule has 2 aromatic carbocycles. The summed E-state index contributed by atoms with van der Waals surface area (Å²) in [6, 6.07) is 10.9. The van der Waals surface area contributed by atoms with Gasteiger partial charge < -0.3 is 14.4 Å². The average molecular weight is 455 g/mol. The van der Waals surface area contributed by atoms with Crippen LogP contribution < -0.4 is 9.64 Å². The van der Waals surface area contributed by atoms with Gasteiger partial charge >= 0.3 is 0 Å². The van der Waals surface area contributed by atoms with Gasteiger partial charge in [0.1, 0.15) is 17.6 Å². The van der Waals surface area contributed by atoms with Gasteiger partial charge in [-0.05, 0) is 48.5 Å². The summed E-state index contributed by atoms with van der Waals surface area (Å²) in [7, 11) is 1.53. The molecule has 0 aliphatic carbocycles. The third kappa shape index (κ3) is 5.04. The van der Waals surface area contributed by atoms with Crippen LogP contribution in [0.15, 0.2) is 48.5 Å². The van der Waals surface area contributed by atoms with Crippen molar-refractivity contribution < 1.29 is 28.2 Å². The van der Waals surface area contributed by atoms with Crippen molar-refractivity contribution in [3.63, 3.8) is 0 Å². The van der Waals surface area contributed by atoms with E-state index in [1.807, 2.05) is 0 Å². The van der Waals surface area contributed by atoms with E-state index in [4.69, 9.17) is 9.47 Å². The molecule has 2 aromatic rings. The molecule has 2 fully saturated rings. The number of carbonyl (C=O) groups is 3. The fourth-order valence-corrected chi connectivity index (χ4v) is 4.09. The molecule has 0 bridgehead atoms. The standard InChI is InChI=1S/C24H26FN3O5/c1-32-20-8-6-19(7-9-20)28-22(29)16-21(24(28)31)27(11-10-26-12-14-33-15-13-26)23(30)17-2-4-18(25)5-3-17/h2-9,21H,10-16H2,1H3. The van der Waals surface area contributed by atoms with E-state index in [-0.39, 0.29) is 24.4 Å². The van der Waals surface area contributed by atoms with E-state index in [0.29, 0.717) is 31.2 Å². The van der Waals surface area contributed by atoms with Crippen molar-refractivity contribution >= 4 is 23.4 Å². The Labute approximate surface area is 191 Å². The van der Waals surface area contributed by atoms with E-state index in [1.165, 1.54) is 36.3 Å². The summed E-state index contributed by atoms with van der Waals surface area (Å²) in [5.41, 5.74) is 0.692. The number of carbonyl (C=O) groups excluding carboxylic acids is 3. The Balaban J connectivity index is 1.57. The lowest BCUT2D eigenvalue weighted by molar-refractivity contribution is -0.122. The van der Waals surface area contributed by atoms with E-state index < -0.39 is 23.7 Å². The molecule has 8 nitrogen and oxygen atoms in total. The maximum Gasteiger partial charge on any atom is 0.257 e. The number of rotatable bonds is 7. The molecule has 9 heteroatoms. The molecule has 0 radical (unpaired) electrons. The Morgan fingerprint density at radius 3 is 2.39 bits per heavy atom. The molecule has 2 aliphatic rings. The predicted molar refractivity (Wildman–Crippen MR) is 119 cm³/mol. The van der Waals surface area contributed by atoms with Crippen molar-refractivity contribution in [1.29, 1.82) is 0 Å². The number of anilines is 1. The summed E-state index contributed by atoms with van der Waals surface area (Å²) >= 11 is 0. The summed E-state index contributed by atoms with van der Waals surface area (Å²) < 4.78 is 23.9. The SMILES string of the molecule is COc1ccc(N2C(=O)CC(N(CCN3CCOCC3)C(=O)c3ccc(F)cc3)C2=O)cc1. The smallest absolute Gasteiger partial charge is 0.257 e. The zero-order chi connectivity index (χ0) is 23.4. The van der Waals surface area contributed by atoms with Crippen molar-refractivity contribution in [2.75, 3.05) is 51.4 Å². The van der Waals surface area contributed by atoms with Crippen LogP contribution in [0.2, 0.25) is 0 Å². The Bertz CT molecular complexity index is 1010. The minimum Gasteiger partial charge on any atom is -0.497 e. The molecule has 2 heterocycles. The first kappa shape index (κ1) is 22.9. The average Bonchev–Trinajstić information content (AvgIpc) is 3.13. The van der Waals surface area contributed by atoms with Crippen molar-refractivity contribution in [2.45, 2.75) is 12.5 Å². The van der Waals surface area contributed by atoms with E-state index in [1.54, 1.807) is 24.3 Å². The van der Waals surface area contributed by atoms with E-state index >= 15 is 0 Å². The number of methoxy groups -OCH3 is 1. The third-order valence-corrected chi connectivity index (χ3v) is 5.94. The molecule has 2 aliphatic heterocycles. The summed E-state index contributed by atoms with van der Waals surface area (Å²) in [5.74, 6) is -1.09. The van der Waals surface area contributed by atoms with Crippen molar-refractivity contribution in [3.05, 3.63) is 59.9 Å². The maximum atomic E-state index is 13.4. The Morgan fingerprint density at radius 2 is 1.76 bits per heavy atom. The van der Waals surface area contributed by atoms with Gasteiger partial charge in [-0.1, -0.05) is 0 Å². The molecular formula is C24H26FN3O5. The number of hydrogen-bond acceptors (Lipinski definition) is 6. The largest absolute Gasteiger partial charge is 0.497 e. The fraction of sp³-hybridized carbons (Fsp3) is 0.375. The van der Waals surface area contributed by atoms with Crippen LogP contribution in [0.1, 0.15) is 16.8 Å². The van der Waals surface area contributed by atoms with Crippen LogP contribution in [0.25, 0.3) is 0 Å². The molecule has 0 aromatic heterocycles. The third-order valence-electron chi connectivity index (χ3n) is 5.94. The summed E-state index contributed by atoms with van der Waals surface area (Å²) in [6.45, 7) is 3.48. The first-order valence-electron chi connectivity index (χ1n) is 10.9. The van der Waals surface area contributed by atoms with Crippen molar-refractivity contribution in [3.8, 4) is 5.75 Å². The second-order valence-electron chi connectivity index (χ2n) is 7.94. The first-order valence-corrected chi connectivity index (χ1v) is 10.9. The Kier molecular flexibility index (Phi) is 7.00. The number of morpholine rings is 1.